The number of aliphatic hydroxyl groups excluding tert-OH is 1. The maximum absolute atomic E-state index is 8.97. The molecule has 1 aromatic heterocycles. The Balaban J connectivity index is 2.10. The van der Waals surface area contributed by atoms with Gasteiger partial charge in [-0.1, -0.05) is 6.07 Å². The number of hydrogen-bond donors (Lipinski definition) is 2. The van der Waals surface area contributed by atoms with E-state index in [1.807, 2.05) is 6.07 Å². The van der Waals surface area contributed by atoms with Gasteiger partial charge in [-0.25, -0.2) is 4.98 Å². The first-order valence-electron chi connectivity index (χ1n) is 5.98. The summed E-state index contributed by atoms with van der Waals surface area (Å²) in [5.41, 5.74) is 2.53. The van der Waals surface area contributed by atoms with Crippen molar-refractivity contribution in [3.05, 3.63) is 23.4 Å². The molecule has 1 aliphatic rings. The van der Waals surface area contributed by atoms with Crippen LogP contribution in [0.3, 0.4) is 0 Å². The fourth-order valence-electron chi connectivity index (χ4n) is 2.18. The molecule has 0 atom stereocenters. The number of anilines is 1. The fraction of sp³-hybridized carbons (Fsp3) is 0.615. The van der Waals surface area contributed by atoms with Crippen molar-refractivity contribution in [2.75, 3.05) is 11.9 Å². The Kier molecular flexibility index (Phi) is 3.15. The third kappa shape index (κ3) is 2.53. The van der Waals surface area contributed by atoms with Gasteiger partial charge in [-0.3, -0.25) is 0 Å². The Bertz CT molecular complexity index is 374. The first kappa shape index (κ1) is 11.4. The molecule has 1 aromatic rings. The number of fused-ring (bicyclic) bond motifs is 1. The highest BCUT2D eigenvalue weighted by Crippen LogP contribution is 2.23. The number of aliphatic hydroxyl groups is 1. The molecule has 3 nitrogen and oxygen atoms in total. The summed E-state index contributed by atoms with van der Waals surface area (Å²) < 4.78 is 0. The van der Waals surface area contributed by atoms with E-state index in [-0.39, 0.29) is 12.1 Å². The molecule has 2 N–H and O–H groups in total. The Morgan fingerprint density at radius 1 is 1.38 bits per heavy atom. The van der Waals surface area contributed by atoms with Crippen LogP contribution >= 0.6 is 0 Å². The van der Waals surface area contributed by atoms with E-state index < -0.39 is 0 Å². The van der Waals surface area contributed by atoms with Crippen molar-refractivity contribution in [1.29, 1.82) is 0 Å². The molecule has 1 heterocycles. The zero-order valence-corrected chi connectivity index (χ0v) is 10.1. The minimum absolute atomic E-state index is 0.103. The molecular weight excluding hydrogens is 200 g/mol. The van der Waals surface area contributed by atoms with E-state index in [0.717, 1.165) is 18.7 Å². The van der Waals surface area contributed by atoms with E-state index >= 15 is 0 Å². The van der Waals surface area contributed by atoms with E-state index in [1.165, 1.54) is 24.1 Å². The Morgan fingerprint density at radius 2 is 2.19 bits per heavy atom. The number of hydrogen-bond acceptors (Lipinski definition) is 3. The highest BCUT2D eigenvalue weighted by Gasteiger charge is 2.18. The van der Waals surface area contributed by atoms with Crippen molar-refractivity contribution in [2.45, 2.75) is 45.1 Å². The molecule has 0 aromatic carbocycles. The molecule has 0 unspecified atom stereocenters. The van der Waals surface area contributed by atoms with Crippen LogP contribution in [0.15, 0.2) is 12.1 Å². The maximum Gasteiger partial charge on any atom is 0.126 e. The number of aromatic nitrogens is 1. The second kappa shape index (κ2) is 4.42. The van der Waals surface area contributed by atoms with Crippen molar-refractivity contribution in [3.63, 3.8) is 0 Å². The van der Waals surface area contributed by atoms with E-state index in [9.17, 15) is 0 Å². The second-order valence-electron chi connectivity index (χ2n) is 5.14. The normalized spacial score (nSPS) is 14.9. The van der Waals surface area contributed by atoms with Crippen LogP contribution in [-0.2, 0) is 12.8 Å². The Hall–Kier alpha value is -1.09. The predicted molar refractivity (Wildman–Crippen MR) is 65.7 cm³/mol. The van der Waals surface area contributed by atoms with Crippen LogP contribution in [0.1, 0.15) is 37.9 Å². The Labute approximate surface area is 96.9 Å². The fourth-order valence-corrected chi connectivity index (χ4v) is 2.18. The van der Waals surface area contributed by atoms with Crippen LogP contribution in [0.4, 0.5) is 5.82 Å². The van der Waals surface area contributed by atoms with Gasteiger partial charge in [-0.15, -0.1) is 0 Å². The molecule has 3 heteroatoms. The van der Waals surface area contributed by atoms with E-state index in [1.54, 1.807) is 0 Å². The third-order valence-corrected chi connectivity index (χ3v) is 3.13. The van der Waals surface area contributed by atoms with E-state index in [0.29, 0.717) is 0 Å². The number of rotatable bonds is 4. The lowest BCUT2D eigenvalue weighted by molar-refractivity contribution is 0.260. The van der Waals surface area contributed by atoms with Crippen LogP contribution in [0.25, 0.3) is 0 Å². The van der Waals surface area contributed by atoms with Crippen LogP contribution in [-0.4, -0.2) is 22.2 Å². The average Bonchev–Trinajstić information content (AvgIpc) is 2.63. The zero-order chi connectivity index (χ0) is 11.6. The molecule has 0 amide bonds. The predicted octanol–water partition coefficient (Wildman–Crippen LogP) is 2.14. The Morgan fingerprint density at radius 3 is 2.94 bits per heavy atom. The molecule has 2 rings (SSSR count). The van der Waals surface area contributed by atoms with Crippen molar-refractivity contribution in [2.24, 2.45) is 0 Å². The molecule has 0 spiro atoms. The minimum Gasteiger partial charge on any atom is -0.396 e. The summed E-state index contributed by atoms with van der Waals surface area (Å²) in [5, 5.41) is 12.4. The van der Waals surface area contributed by atoms with Gasteiger partial charge in [-0.05, 0) is 51.2 Å². The topological polar surface area (TPSA) is 45.1 Å². The highest BCUT2D eigenvalue weighted by atomic mass is 16.3. The quantitative estimate of drug-likeness (QED) is 0.817. The van der Waals surface area contributed by atoms with Crippen molar-refractivity contribution < 1.29 is 5.11 Å². The van der Waals surface area contributed by atoms with Gasteiger partial charge in [0.15, 0.2) is 0 Å². The molecule has 0 bridgehead atoms. The van der Waals surface area contributed by atoms with Gasteiger partial charge < -0.3 is 10.4 Å². The highest BCUT2D eigenvalue weighted by molar-refractivity contribution is 5.42. The minimum atomic E-state index is -0.103. The SMILES string of the molecule is CC(C)(CCO)Nc1ccc2c(n1)CCC2. The smallest absolute Gasteiger partial charge is 0.126 e. The molecule has 0 fully saturated rings. The summed E-state index contributed by atoms with van der Waals surface area (Å²) in [6, 6.07) is 4.22. The van der Waals surface area contributed by atoms with Crippen molar-refractivity contribution in [1.82, 2.24) is 4.98 Å². The van der Waals surface area contributed by atoms with Crippen LogP contribution in [0, 0.1) is 0 Å². The molecular formula is C13H20N2O. The summed E-state index contributed by atoms with van der Waals surface area (Å²) in [6.45, 7) is 4.36. The first-order valence-corrected chi connectivity index (χ1v) is 5.98. The number of nitrogens with zero attached hydrogens (tertiary/aromatic N) is 1. The first-order chi connectivity index (χ1) is 7.61. The second-order valence-corrected chi connectivity index (χ2v) is 5.14. The average molecular weight is 220 g/mol. The van der Waals surface area contributed by atoms with Crippen LogP contribution in [0.5, 0.6) is 0 Å². The molecule has 88 valence electrons. The van der Waals surface area contributed by atoms with Crippen molar-refractivity contribution >= 4 is 5.82 Å². The lowest BCUT2D eigenvalue weighted by atomic mass is 10.0. The summed E-state index contributed by atoms with van der Waals surface area (Å²) in [5.74, 6) is 0.930. The number of nitrogens with one attached hydrogen (secondary N) is 1. The largest absolute Gasteiger partial charge is 0.396 e. The van der Waals surface area contributed by atoms with Crippen LogP contribution < -0.4 is 5.32 Å². The summed E-state index contributed by atoms with van der Waals surface area (Å²) >= 11 is 0. The number of pyridine rings is 1. The molecule has 16 heavy (non-hydrogen) atoms. The van der Waals surface area contributed by atoms with Gasteiger partial charge >= 0.3 is 0 Å². The molecule has 1 aliphatic carbocycles. The summed E-state index contributed by atoms with van der Waals surface area (Å²) in [6.07, 6.45) is 4.23. The summed E-state index contributed by atoms with van der Waals surface area (Å²) in [7, 11) is 0. The van der Waals surface area contributed by atoms with Gasteiger partial charge in [-0.2, -0.15) is 0 Å². The van der Waals surface area contributed by atoms with Crippen molar-refractivity contribution in [3.8, 4) is 0 Å². The van der Waals surface area contributed by atoms with Gasteiger partial charge in [0, 0.05) is 17.8 Å². The van der Waals surface area contributed by atoms with Gasteiger partial charge in [0.05, 0.1) is 0 Å². The molecule has 0 radical (unpaired) electrons. The zero-order valence-electron chi connectivity index (χ0n) is 10.1. The van der Waals surface area contributed by atoms with Gasteiger partial charge in [0.25, 0.3) is 0 Å². The number of aryl methyl sites for hydroxylation is 2. The maximum atomic E-state index is 8.97. The van der Waals surface area contributed by atoms with E-state index in [2.05, 4.69) is 30.2 Å². The third-order valence-electron chi connectivity index (χ3n) is 3.13. The van der Waals surface area contributed by atoms with Crippen LogP contribution in [0.2, 0.25) is 0 Å². The molecule has 0 aliphatic heterocycles. The lowest BCUT2D eigenvalue weighted by Crippen LogP contribution is -2.32. The monoisotopic (exact) mass is 220 g/mol. The lowest BCUT2D eigenvalue weighted by Gasteiger charge is -2.26. The molecule has 0 saturated heterocycles. The van der Waals surface area contributed by atoms with Gasteiger partial charge in [0.2, 0.25) is 0 Å². The van der Waals surface area contributed by atoms with Gasteiger partial charge in [0.1, 0.15) is 5.82 Å². The molecule has 0 saturated carbocycles. The van der Waals surface area contributed by atoms with E-state index in [4.69, 9.17) is 5.11 Å². The standard InChI is InChI=1S/C13H20N2O/c1-13(2,8-9-16)15-12-7-6-10-4-3-5-11(10)14-12/h6-7,16H,3-5,8-9H2,1-2H3,(H,14,15). The summed E-state index contributed by atoms with van der Waals surface area (Å²) in [4.78, 5) is 4.63.